The van der Waals surface area contributed by atoms with Gasteiger partial charge in [-0.15, -0.1) is 0 Å². The fourth-order valence-electron chi connectivity index (χ4n) is 16.0. The van der Waals surface area contributed by atoms with Crippen molar-refractivity contribution >= 4 is 82.5 Å². The number of nitrogens with zero attached hydrogens (tertiary/aromatic N) is 4. The Hall–Kier alpha value is -12.5. The number of aromatic nitrogens is 3. The Bertz CT molecular complexity index is 5940. The third kappa shape index (κ3) is 8.55. The first-order chi connectivity index (χ1) is 47.1. The van der Waals surface area contributed by atoms with Crippen molar-refractivity contribution in [2.45, 2.75) is 5.41 Å². The van der Waals surface area contributed by atoms with E-state index in [1.165, 1.54) is 93.4 Å². The summed E-state index contributed by atoms with van der Waals surface area (Å²) in [7, 11) is 0. The number of rotatable bonds is 11. The highest BCUT2D eigenvalue weighted by atomic mass is 15.1. The quantitative estimate of drug-likeness (QED) is 0.126. The highest BCUT2D eigenvalue weighted by Gasteiger charge is 2.46. The fraction of sp³-hybridized carbons (Fsp3) is 0.0110. The van der Waals surface area contributed by atoms with Crippen molar-refractivity contribution in [3.05, 3.63) is 386 Å². The summed E-state index contributed by atoms with van der Waals surface area (Å²) in [5, 5.41) is 7.27. The van der Waals surface area contributed by atoms with Gasteiger partial charge in [-0.05, 0) is 188 Å². The first-order valence-electron chi connectivity index (χ1n) is 32.8. The van der Waals surface area contributed by atoms with Crippen molar-refractivity contribution in [3.63, 3.8) is 0 Å². The van der Waals surface area contributed by atoms with Crippen molar-refractivity contribution in [1.82, 2.24) is 13.7 Å². The molecular weight excluding hydrogens is 1150 g/mol. The molecule has 18 aromatic rings. The molecule has 1 aliphatic rings. The summed E-state index contributed by atoms with van der Waals surface area (Å²) in [6.07, 6.45) is 0. The third-order valence-corrected chi connectivity index (χ3v) is 20.0. The minimum Gasteiger partial charge on any atom is -0.310 e. The van der Waals surface area contributed by atoms with E-state index in [1.807, 2.05) is 0 Å². The van der Waals surface area contributed by atoms with Crippen LogP contribution in [-0.2, 0) is 5.41 Å². The van der Waals surface area contributed by atoms with E-state index in [1.54, 1.807) is 0 Å². The molecule has 4 nitrogen and oxygen atoms in total. The summed E-state index contributed by atoms with van der Waals surface area (Å²) < 4.78 is 7.40. The molecule has 0 amide bonds. The number of anilines is 3. The first kappa shape index (κ1) is 54.3. The Morgan fingerprint density at radius 3 is 1.17 bits per heavy atom. The van der Waals surface area contributed by atoms with Crippen LogP contribution in [0.1, 0.15) is 22.3 Å². The standard InChI is InChI=1S/C91H60N4/c1-5-25-61(26-6-1)62-27-23-34-70(54-62)92(69-32-11-4-12-33-69)71-35-24-36-72(59-71)93-87-45-21-16-40-79(87)81-57-63(47-51-89(81)93)65-53-66(56-74(55-65)95-85-43-19-14-38-77(85)78-39-15-20-44-86(78)95)64-48-52-90-82(58-64)80-41-17-22-46-88(80)94(90)73-49-50-76-75-37-13-18-42-83(75)91(84(76)60-73,67-28-7-2-8-29-67)68-30-9-3-10-31-68/h1-60H. The zero-order valence-corrected chi connectivity index (χ0v) is 51.9. The summed E-state index contributed by atoms with van der Waals surface area (Å²) in [6.45, 7) is 0. The van der Waals surface area contributed by atoms with E-state index in [9.17, 15) is 0 Å². The lowest BCUT2D eigenvalue weighted by atomic mass is 9.67. The maximum atomic E-state index is 2.49. The average molecular weight is 1210 g/mol. The molecule has 0 unspecified atom stereocenters. The van der Waals surface area contributed by atoms with Gasteiger partial charge in [0.25, 0.3) is 0 Å². The van der Waals surface area contributed by atoms with E-state index in [0.717, 1.165) is 72.9 Å². The van der Waals surface area contributed by atoms with Gasteiger partial charge in [-0.25, -0.2) is 0 Å². The van der Waals surface area contributed by atoms with Crippen LogP contribution >= 0.6 is 0 Å². The molecule has 19 rings (SSSR count). The van der Waals surface area contributed by atoms with Crippen molar-refractivity contribution in [1.29, 1.82) is 0 Å². The van der Waals surface area contributed by atoms with Gasteiger partial charge in [-0.1, -0.05) is 243 Å². The predicted octanol–water partition coefficient (Wildman–Crippen LogP) is 23.8. The van der Waals surface area contributed by atoms with E-state index in [0.29, 0.717) is 0 Å². The number of hydrogen-bond donors (Lipinski definition) is 0. The first-order valence-corrected chi connectivity index (χ1v) is 32.8. The molecule has 3 heterocycles. The highest BCUT2D eigenvalue weighted by Crippen LogP contribution is 2.57. The zero-order chi connectivity index (χ0) is 62.6. The Kier molecular flexibility index (Phi) is 12.5. The summed E-state index contributed by atoms with van der Waals surface area (Å²) in [6, 6.07) is 135. The molecule has 0 spiro atoms. The van der Waals surface area contributed by atoms with E-state index < -0.39 is 5.41 Å². The molecular formula is C91H60N4. The van der Waals surface area contributed by atoms with Gasteiger partial charge >= 0.3 is 0 Å². The van der Waals surface area contributed by atoms with Gasteiger partial charge in [0, 0.05) is 66.4 Å². The van der Waals surface area contributed by atoms with Gasteiger partial charge in [-0.2, -0.15) is 0 Å². The van der Waals surface area contributed by atoms with Crippen molar-refractivity contribution in [2.24, 2.45) is 0 Å². The van der Waals surface area contributed by atoms with Crippen LogP contribution in [0.25, 0.3) is 127 Å². The van der Waals surface area contributed by atoms with Crippen molar-refractivity contribution in [2.75, 3.05) is 4.90 Å². The predicted molar refractivity (Wildman–Crippen MR) is 398 cm³/mol. The van der Waals surface area contributed by atoms with E-state index in [2.05, 4.69) is 383 Å². The van der Waals surface area contributed by atoms with Crippen LogP contribution in [0.4, 0.5) is 17.1 Å². The number of fused-ring (bicyclic) bond motifs is 12. The molecule has 0 N–H and O–H groups in total. The van der Waals surface area contributed by atoms with Crippen LogP contribution in [-0.4, -0.2) is 13.7 Å². The molecule has 0 atom stereocenters. The second-order valence-corrected chi connectivity index (χ2v) is 25.2. The van der Waals surface area contributed by atoms with Gasteiger partial charge < -0.3 is 18.6 Å². The fourth-order valence-corrected chi connectivity index (χ4v) is 16.0. The second kappa shape index (κ2) is 21.8. The van der Waals surface area contributed by atoms with Crippen LogP contribution in [0.5, 0.6) is 0 Å². The van der Waals surface area contributed by atoms with Crippen LogP contribution in [0.2, 0.25) is 0 Å². The Balaban J connectivity index is 0.775. The molecule has 0 bridgehead atoms. The summed E-state index contributed by atoms with van der Waals surface area (Å²) in [5.41, 5.74) is 27.6. The lowest BCUT2D eigenvalue weighted by molar-refractivity contribution is 0.767. The van der Waals surface area contributed by atoms with Crippen LogP contribution < -0.4 is 4.90 Å². The van der Waals surface area contributed by atoms with Crippen LogP contribution in [0.15, 0.2) is 364 Å². The Morgan fingerprint density at radius 2 is 0.600 bits per heavy atom. The monoisotopic (exact) mass is 1210 g/mol. The molecule has 0 saturated heterocycles. The highest BCUT2D eigenvalue weighted by molar-refractivity contribution is 6.13. The maximum absolute atomic E-state index is 2.49. The average Bonchev–Trinajstić information content (AvgIpc) is 1.56. The largest absolute Gasteiger partial charge is 0.310 e. The molecule has 0 fully saturated rings. The molecule has 0 radical (unpaired) electrons. The van der Waals surface area contributed by atoms with Crippen LogP contribution in [0.3, 0.4) is 0 Å². The SMILES string of the molecule is c1ccc(-c2cccc(N(c3ccccc3)c3cccc(-n4c5ccccc5c5cc(-c6cc(-c7ccc8c(c7)c7ccccc7n8-c7ccc8c(c7)C(c7ccccc7)(c7ccccc7)c7ccccc7-8)cc(-n7c8ccccc8c8ccccc87)c6)ccc54)c3)c2)cc1. The molecule has 1 aliphatic carbocycles. The summed E-state index contributed by atoms with van der Waals surface area (Å²) >= 11 is 0. The molecule has 15 aromatic carbocycles. The topological polar surface area (TPSA) is 18.0 Å². The van der Waals surface area contributed by atoms with E-state index in [4.69, 9.17) is 0 Å². The lowest BCUT2D eigenvalue weighted by Crippen LogP contribution is -2.28. The van der Waals surface area contributed by atoms with Gasteiger partial charge in [0.2, 0.25) is 0 Å². The van der Waals surface area contributed by atoms with Gasteiger partial charge in [-0.3, -0.25) is 0 Å². The second-order valence-electron chi connectivity index (χ2n) is 25.2. The van der Waals surface area contributed by atoms with Crippen LogP contribution in [0, 0.1) is 0 Å². The van der Waals surface area contributed by atoms with Crippen molar-refractivity contribution < 1.29 is 0 Å². The zero-order valence-electron chi connectivity index (χ0n) is 51.9. The number of hydrogen-bond acceptors (Lipinski definition) is 1. The molecule has 0 saturated carbocycles. The normalized spacial score (nSPS) is 12.5. The maximum Gasteiger partial charge on any atom is 0.0714 e. The molecule has 3 aromatic heterocycles. The van der Waals surface area contributed by atoms with E-state index >= 15 is 0 Å². The summed E-state index contributed by atoms with van der Waals surface area (Å²) in [4.78, 5) is 2.37. The van der Waals surface area contributed by atoms with E-state index in [-0.39, 0.29) is 0 Å². The molecule has 444 valence electrons. The number of benzene rings is 15. The smallest absolute Gasteiger partial charge is 0.0714 e. The Labute approximate surface area is 551 Å². The molecule has 95 heavy (non-hydrogen) atoms. The van der Waals surface area contributed by atoms with Gasteiger partial charge in [0.15, 0.2) is 0 Å². The number of para-hydroxylation sites is 5. The Morgan fingerprint density at radius 1 is 0.200 bits per heavy atom. The van der Waals surface area contributed by atoms with Gasteiger partial charge in [0.1, 0.15) is 0 Å². The van der Waals surface area contributed by atoms with Gasteiger partial charge in [0.05, 0.1) is 38.5 Å². The molecule has 0 aliphatic heterocycles. The lowest BCUT2D eigenvalue weighted by Gasteiger charge is -2.34. The molecule has 4 heteroatoms. The summed E-state index contributed by atoms with van der Waals surface area (Å²) in [5.74, 6) is 0. The minimum atomic E-state index is -0.522. The van der Waals surface area contributed by atoms with Crippen molar-refractivity contribution in [3.8, 4) is 61.6 Å². The third-order valence-electron chi connectivity index (χ3n) is 20.0. The minimum absolute atomic E-state index is 0.522.